The van der Waals surface area contributed by atoms with Gasteiger partial charge in [0.15, 0.2) is 5.82 Å². The first-order valence-corrected chi connectivity index (χ1v) is 6.12. The highest BCUT2D eigenvalue weighted by atomic mass is 19.1. The molecule has 3 rings (SSSR count). The molecule has 0 saturated heterocycles. The van der Waals surface area contributed by atoms with Crippen LogP contribution >= 0.6 is 0 Å². The Morgan fingerprint density at radius 3 is 3.05 bits per heavy atom. The fourth-order valence-corrected chi connectivity index (χ4v) is 2.00. The van der Waals surface area contributed by atoms with Crippen molar-refractivity contribution in [3.05, 3.63) is 48.4 Å². The number of halogens is 1. The molecule has 0 spiro atoms. The normalized spacial score (nSPS) is 10.7. The SMILES string of the molecule is NC(=O)NCc1ncnn1-c1cnc2c(F)cccc2c1. The van der Waals surface area contributed by atoms with Crippen molar-refractivity contribution in [1.82, 2.24) is 25.1 Å². The van der Waals surface area contributed by atoms with E-state index < -0.39 is 6.03 Å². The minimum absolute atomic E-state index is 0.135. The van der Waals surface area contributed by atoms with Crippen LogP contribution in [0.4, 0.5) is 9.18 Å². The summed E-state index contributed by atoms with van der Waals surface area (Å²) in [6.07, 6.45) is 2.85. The number of urea groups is 1. The summed E-state index contributed by atoms with van der Waals surface area (Å²) in [5, 5.41) is 7.16. The molecule has 2 heterocycles. The Kier molecular flexibility index (Phi) is 3.19. The molecule has 106 valence electrons. The van der Waals surface area contributed by atoms with Gasteiger partial charge in [0.25, 0.3) is 0 Å². The number of nitrogens with zero attached hydrogens (tertiary/aromatic N) is 4. The van der Waals surface area contributed by atoms with Crippen LogP contribution in [-0.4, -0.2) is 25.8 Å². The molecule has 0 unspecified atom stereocenters. The topological polar surface area (TPSA) is 98.7 Å². The van der Waals surface area contributed by atoms with Gasteiger partial charge in [-0.2, -0.15) is 5.10 Å². The van der Waals surface area contributed by atoms with Gasteiger partial charge in [-0.1, -0.05) is 12.1 Å². The number of rotatable bonds is 3. The molecule has 0 aliphatic carbocycles. The Morgan fingerprint density at radius 2 is 2.24 bits per heavy atom. The first kappa shape index (κ1) is 13.0. The van der Waals surface area contributed by atoms with Crippen LogP contribution in [0.2, 0.25) is 0 Å². The second-order valence-electron chi connectivity index (χ2n) is 4.31. The zero-order chi connectivity index (χ0) is 14.8. The number of pyridine rings is 1. The van der Waals surface area contributed by atoms with E-state index in [-0.39, 0.29) is 17.9 Å². The zero-order valence-corrected chi connectivity index (χ0v) is 10.8. The number of para-hydroxylation sites is 1. The lowest BCUT2D eigenvalue weighted by Gasteiger charge is -2.07. The Labute approximate surface area is 118 Å². The Morgan fingerprint density at radius 1 is 1.38 bits per heavy atom. The second kappa shape index (κ2) is 5.16. The van der Waals surface area contributed by atoms with Gasteiger partial charge >= 0.3 is 6.03 Å². The van der Waals surface area contributed by atoms with Crippen molar-refractivity contribution < 1.29 is 9.18 Å². The van der Waals surface area contributed by atoms with Crippen LogP contribution in [0.3, 0.4) is 0 Å². The number of fused-ring (bicyclic) bond motifs is 1. The van der Waals surface area contributed by atoms with Crippen LogP contribution in [0, 0.1) is 5.82 Å². The van der Waals surface area contributed by atoms with E-state index in [1.165, 1.54) is 23.3 Å². The molecule has 2 aromatic heterocycles. The van der Waals surface area contributed by atoms with Crippen LogP contribution in [0.15, 0.2) is 36.8 Å². The number of carbonyl (C=O) groups is 1. The van der Waals surface area contributed by atoms with E-state index >= 15 is 0 Å². The lowest BCUT2D eigenvalue weighted by atomic mass is 10.2. The Hall–Kier alpha value is -3.03. The van der Waals surface area contributed by atoms with Gasteiger partial charge in [0.05, 0.1) is 18.4 Å². The summed E-state index contributed by atoms with van der Waals surface area (Å²) in [5.74, 6) is 0.111. The summed E-state index contributed by atoms with van der Waals surface area (Å²) < 4.78 is 15.1. The molecule has 0 radical (unpaired) electrons. The average Bonchev–Trinajstić information content (AvgIpc) is 2.93. The Balaban J connectivity index is 2.01. The molecule has 8 heteroatoms. The monoisotopic (exact) mass is 286 g/mol. The van der Waals surface area contributed by atoms with Crippen LogP contribution in [0.1, 0.15) is 5.82 Å². The van der Waals surface area contributed by atoms with Gasteiger partial charge in [-0.3, -0.25) is 4.98 Å². The number of carbonyl (C=O) groups excluding carboxylic acids is 1. The van der Waals surface area contributed by atoms with Crippen molar-refractivity contribution in [3.63, 3.8) is 0 Å². The van der Waals surface area contributed by atoms with E-state index in [1.54, 1.807) is 18.2 Å². The van der Waals surface area contributed by atoms with E-state index in [2.05, 4.69) is 20.4 Å². The number of primary amides is 1. The maximum atomic E-state index is 13.6. The number of hydrogen-bond donors (Lipinski definition) is 2. The molecule has 0 aliphatic rings. The minimum atomic E-state index is -0.650. The van der Waals surface area contributed by atoms with Gasteiger partial charge in [-0.05, 0) is 12.1 Å². The molecule has 1 aromatic carbocycles. The summed E-state index contributed by atoms with van der Waals surface area (Å²) in [4.78, 5) is 18.9. The molecule has 0 saturated carbocycles. The quantitative estimate of drug-likeness (QED) is 0.753. The number of amides is 2. The van der Waals surface area contributed by atoms with Crippen molar-refractivity contribution in [2.45, 2.75) is 6.54 Å². The molecule has 7 nitrogen and oxygen atoms in total. The third kappa shape index (κ3) is 2.50. The summed E-state index contributed by atoms with van der Waals surface area (Å²) in [6.45, 7) is 0.135. The van der Waals surface area contributed by atoms with Crippen LogP contribution < -0.4 is 11.1 Å². The largest absolute Gasteiger partial charge is 0.352 e. The molecular formula is C13H11FN6O. The molecule has 3 N–H and O–H groups in total. The van der Waals surface area contributed by atoms with Crippen molar-refractivity contribution >= 4 is 16.9 Å². The molecular weight excluding hydrogens is 275 g/mol. The Bertz CT molecular complexity index is 815. The van der Waals surface area contributed by atoms with Gasteiger partial charge in [0.1, 0.15) is 17.7 Å². The number of hydrogen-bond acceptors (Lipinski definition) is 4. The number of nitrogens with two attached hydrogens (primary N) is 1. The maximum Gasteiger partial charge on any atom is 0.312 e. The van der Waals surface area contributed by atoms with E-state index in [1.807, 2.05) is 0 Å². The standard InChI is InChI=1S/C13H11FN6O/c14-10-3-1-2-8-4-9(5-16-12(8)10)20-11(18-7-19-20)6-17-13(15)21/h1-5,7H,6H2,(H3,15,17,21). The lowest BCUT2D eigenvalue weighted by Crippen LogP contribution is -2.29. The molecule has 0 atom stereocenters. The first-order chi connectivity index (χ1) is 10.1. The highest BCUT2D eigenvalue weighted by molar-refractivity contribution is 5.80. The average molecular weight is 286 g/mol. The second-order valence-corrected chi connectivity index (χ2v) is 4.31. The van der Waals surface area contributed by atoms with Crippen LogP contribution in [0.25, 0.3) is 16.6 Å². The van der Waals surface area contributed by atoms with Gasteiger partial charge < -0.3 is 11.1 Å². The predicted octanol–water partition coefficient (Wildman–Crippen LogP) is 1.12. The number of aromatic nitrogens is 4. The highest BCUT2D eigenvalue weighted by Crippen LogP contribution is 2.18. The minimum Gasteiger partial charge on any atom is -0.352 e. The van der Waals surface area contributed by atoms with Crippen LogP contribution in [0.5, 0.6) is 0 Å². The van der Waals surface area contributed by atoms with Gasteiger partial charge in [0.2, 0.25) is 0 Å². The van der Waals surface area contributed by atoms with Gasteiger partial charge in [0, 0.05) is 5.39 Å². The van der Waals surface area contributed by atoms with Crippen LogP contribution in [-0.2, 0) is 6.54 Å². The molecule has 0 aliphatic heterocycles. The van der Waals surface area contributed by atoms with Crippen molar-refractivity contribution in [1.29, 1.82) is 0 Å². The van der Waals surface area contributed by atoms with E-state index in [0.29, 0.717) is 16.9 Å². The fourth-order valence-electron chi connectivity index (χ4n) is 2.00. The van der Waals surface area contributed by atoms with Crippen molar-refractivity contribution in [2.24, 2.45) is 5.73 Å². The molecule has 2 amide bonds. The zero-order valence-electron chi connectivity index (χ0n) is 10.8. The molecule has 21 heavy (non-hydrogen) atoms. The predicted molar refractivity (Wildman–Crippen MR) is 73.0 cm³/mol. The first-order valence-electron chi connectivity index (χ1n) is 6.12. The van der Waals surface area contributed by atoms with Gasteiger partial charge in [-0.15, -0.1) is 0 Å². The summed E-state index contributed by atoms with van der Waals surface area (Å²) in [6, 6.07) is 5.82. The maximum absolute atomic E-state index is 13.6. The number of nitrogens with one attached hydrogen (secondary N) is 1. The van der Waals surface area contributed by atoms with Gasteiger partial charge in [-0.25, -0.2) is 18.9 Å². The summed E-state index contributed by atoms with van der Waals surface area (Å²) >= 11 is 0. The highest BCUT2D eigenvalue weighted by Gasteiger charge is 2.09. The molecule has 3 aromatic rings. The van der Waals surface area contributed by atoms with E-state index in [0.717, 1.165) is 0 Å². The van der Waals surface area contributed by atoms with E-state index in [4.69, 9.17) is 5.73 Å². The van der Waals surface area contributed by atoms with E-state index in [9.17, 15) is 9.18 Å². The lowest BCUT2D eigenvalue weighted by molar-refractivity contribution is 0.248. The summed E-state index contributed by atoms with van der Waals surface area (Å²) in [5.41, 5.74) is 5.93. The molecule has 0 bridgehead atoms. The third-order valence-corrected chi connectivity index (χ3v) is 2.93. The van der Waals surface area contributed by atoms with Crippen molar-refractivity contribution in [2.75, 3.05) is 0 Å². The smallest absolute Gasteiger partial charge is 0.312 e. The number of benzene rings is 1. The van der Waals surface area contributed by atoms with Crippen molar-refractivity contribution in [3.8, 4) is 5.69 Å². The summed E-state index contributed by atoms with van der Waals surface area (Å²) in [7, 11) is 0. The third-order valence-electron chi connectivity index (χ3n) is 2.93. The fraction of sp³-hybridized carbons (Fsp3) is 0.0769. The molecule has 0 fully saturated rings.